The maximum Gasteiger partial charge on any atom is 0.277 e. The molecule has 144 valence electrons. The zero-order chi connectivity index (χ0) is 18.9. The number of nitrogens with one attached hydrogen (secondary N) is 1. The average Bonchev–Trinajstić information content (AvgIpc) is 2.57. The summed E-state index contributed by atoms with van der Waals surface area (Å²) in [4.78, 5) is 26.0. The molecule has 0 bridgehead atoms. The van der Waals surface area contributed by atoms with Crippen molar-refractivity contribution in [2.24, 2.45) is 0 Å². The summed E-state index contributed by atoms with van der Waals surface area (Å²) in [6.07, 6.45) is 8.74. The van der Waals surface area contributed by atoms with Crippen LogP contribution in [0.5, 0.6) is 0 Å². The number of hydrogen-bond donors (Lipinski definition) is 2. The lowest BCUT2D eigenvalue weighted by atomic mass is 9.97. The highest BCUT2D eigenvalue weighted by Crippen LogP contribution is 2.29. The summed E-state index contributed by atoms with van der Waals surface area (Å²) < 4.78 is 0. The van der Waals surface area contributed by atoms with Gasteiger partial charge >= 0.3 is 0 Å². The Morgan fingerprint density at radius 2 is 1.69 bits per heavy atom. The molecule has 0 radical (unpaired) electrons. The summed E-state index contributed by atoms with van der Waals surface area (Å²) in [5, 5.41) is 5.56. The normalized spacial score (nSPS) is 15.8. The first kappa shape index (κ1) is 21.0. The molecule has 1 aliphatic carbocycles. The molecule has 1 aromatic carbocycles. The van der Waals surface area contributed by atoms with Gasteiger partial charge in [-0.25, -0.2) is 0 Å². The lowest BCUT2D eigenvalue weighted by Crippen LogP contribution is -2.92. The van der Waals surface area contributed by atoms with Crippen LogP contribution in [-0.4, -0.2) is 42.9 Å². The third kappa shape index (κ3) is 6.78. The van der Waals surface area contributed by atoms with Gasteiger partial charge in [-0.1, -0.05) is 48.5 Å². The van der Waals surface area contributed by atoms with Gasteiger partial charge in [-0.05, 0) is 37.8 Å². The van der Waals surface area contributed by atoms with Crippen LogP contribution in [0, 0.1) is 0 Å². The number of likely N-dealkylation sites (N-methyl/N-ethyl adjacent to an activating group) is 1. The quantitative estimate of drug-likeness (QED) is 0.770. The zero-order valence-electron chi connectivity index (χ0n) is 15.3. The molecule has 1 aromatic rings. The molecule has 1 fully saturated rings. The molecule has 0 spiro atoms. The first-order valence-corrected chi connectivity index (χ1v) is 10.0. The summed E-state index contributed by atoms with van der Waals surface area (Å²) in [5.74, 6) is -0.366. The second kappa shape index (κ2) is 10.8. The Morgan fingerprint density at radius 3 is 2.31 bits per heavy atom. The standard InChI is InChI=1S/C19H27Cl2N3O2/c1-24(13-17(25)23-19-15(20)10-7-11-16(19)21)18(26)12-22-14-8-5-3-2-4-6-9-14/h7,10-11,14,22H,2-6,8-9,12-13H2,1H3,(H,23,25)/p+1. The number of nitrogens with zero attached hydrogens (tertiary/aromatic N) is 1. The molecule has 1 aliphatic rings. The average molecular weight is 401 g/mol. The number of nitrogens with two attached hydrogens (primary N) is 1. The summed E-state index contributed by atoms with van der Waals surface area (Å²) in [6, 6.07) is 5.54. The van der Waals surface area contributed by atoms with Crippen LogP contribution in [0.1, 0.15) is 44.9 Å². The third-order valence-corrected chi connectivity index (χ3v) is 5.44. The van der Waals surface area contributed by atoms with E-state index in [1.165, 1.54) is 49.8 Å². The van der Waals surface area contributed by atoms with E-state index in [1.807, 2.05) is 0 Å². The molecule has 1 saturated carbocycles. The number of quaternary nitrogens is 1. The van der Waals surface area contributed by atoms with Crippen molar-refractivity contribution in [3.8, 4) is 0 Å². The van der Waals surface area contributed by atoms with Crippen LogP contribution in [0.4, 0.5) is 5.69 Å². The molecule has 0 aromatic heterocycles. The van der Waals surface area contributed by atoms with Crippen LogP contribution in [0.25, 0.3) is 0 Å². The van der Waals surface area contributed by atoms with Gasteiger partial charge in [-0.15, -0.1) is 0 Å². The fourth-order valence-corrected chi connectivity index (χ4v) is 3.74. The van der Waals surface area contributed by atoms with Crippen LogP contribution < -0.4 is 10.6 Å². The minimum absolute atomic E-state index is 0.0289. The SMILES string of the molecule is CN(CC(=O)Nc1c(Cl)cccc1Cl)C(=O)C[NH2+]C1CCCCCCC1. The van der Waals surface area contributed by atoms with Gasteiger partial charge in [0.25, 0.3) is 5.91 Å². The van der Waals surface area contributed by atoms with Gasteiger partial charge in [-0.3, -0.25) is 9.59 Å². The maximum atomic E-state index is 12.3. The number of anilines is 1. The van der Waals surface area contributed by atoms with Crippen molar-refractivity contribution in [3.05, 3.63) is 28.2 Å². The molecular formula is C19H28Cl2N3O2+. The molecule has 5 nitrogen and oxygen atoms in total. The Morgan fingerprint density at radius 1 is 1.12 bits per heavy atom. The van der Waals surface area contributed by atoms with Gasteiger partial charge in [0.05, 0.1) is 28.3 Å². The van der Waals surface area contributed by atoms with Crippen LogP contribution >= 0.6 is 23.2 Å². The number of carbonyl (C=O) groups is 2. The van der Waals surface area contributed by atoms with Gasteiger partial charge in [0, 0.05) is 7.05 Å². The Balaban J connectivity index is 1.77. The highest BCUT2D eigenvalue weighted by Gasteiger charge is 2.19. The van der Waals surface area contributed by atoms with Crippen molar-refractivity contribution in [2.75, 3.05) is 25.5 Å². The summed E-state index contributed by atoms with van der Waals surface area (Å²) in [7, 11) is 1.64. The first-order valence-electron chi connectivity index (χ1n) is 9.28. The van der Waals surface area contributed by atoms with E-state index >= 15 is 0 Å². The van der Waals surface area contributed by atoms with Gasteiger partial charge in [0.1, 0.15) is 0 Å². The zero-order valence-corrected chi connectivity index (χ0v) is 16.8. The van der Waals surface area contributed by atoms with E-state index in [4.69, 9.17) is 23.2 Å². The molecule has 3 N–H and O–H groups in total. The Kier molecular flexibility index (Phi) is 8.69. The van der Waals surface area contributed by atoms with E-state index in [-0.39, 0.29) is 18.4 Å². The number of para-hydroxylation sites is 1. The van der Waals surface area contributed by atoms with Gasteiger partial charge in [0.2, 0.25) is 5.91 Å². The van der Waals surface area contributed by atoms with E-state index in [0.29, 0.717) is 28.3 Å². The molecule has 0 saturated heterocycles. The van der Waals surface area contributed by atoms with E-state index in [0.717, 1.165) is 0 Å². The minimum atomic E-state index is -0.318. The monoisotopic (exact) mass is 400 g/mol. The predicted molar refractivity (Wildman–Crippen MR) is 106 cm³/mol. The van der Waals surface area contributed by atoms with Crippen LogP contribution in [0.15, 0.2) is 18.2 Å². The van der Waals surface area contributed by atoms with E-state index in [9.17, 15) is 9.59 Å². The fourth-order valence-electron chi connectivity index (χ4n) is 3.25. The first-order chi connectivity index (χ1) is 12.5. The highest BCUT2D eigenvalue weighted by atomic mass is 35.5. The summed E-state index contributed by atoms with van der Waals surface area (Å²) in [6.45, 7) is 0.347. The molecule has 26 heavy (non-hydrogen) atoms. The van der Waals surface area contributed by atoms with Crippen molar-refractivity contribution in [3.63, 3.8) is 0 Å². The molecule has 2 rings (SSSR count). The van der Waals surface area contributed by atoms with Crippen LogP contribution in [0.2, 0.25) is 10.0 Å². The van der Waals surface area contributed by atoms with Crippen molar-refractivity contribution >= 4 is 40.7 Å². The van der Waals surface area contributed by atoms with Crippen molar-refractivity contribution < 1.29 is 14.9 Å². The van der Waals surface area contributed by atoms with Crippen molar-refractivity contribution in [2.45, 2.75) is 51.0 Å². The molecule has 0 unspecified atom stereocenters. The van der Waals surface area contributed by atoms with Gasteiger partial charge in [0.15, 0.2) is 6.54 Å². The second-order valence-corrected chi connectivity index (χ2v) is 7.75. The number of benzene rings is 1. The predicted octanol–water partition coefficient (Wildman–Crippen LogP) is 3.07. The number of halogens is 2. The summed E-state index contributed by atoms with van der Waals surface area (Å²) >= 11 is 12.1. The smallest absolute Gasteiger partial charge is 0.277 e. The van der Waals surface area contributed by atoms with Crippen LogP contribution in [0.3, 0.4) is 0 Å². The fraction of sp³-hybridized carbons (Fsp3) is 0.579. The van der Waals surface area contributed by atoms with E-state index < -0.39 is 0 Å². The van der Waals surface area contributed by atoms with Gasteiger partial charge < -0.3 is 15.5 Å². The number of amides is 2. The summed E-state index contributed by atoms with van der Waals surface area (Å²) in [5.41, 5.74) is 0.378. The Labute approximate surface area is 165 Å². The van der Waals surface area contributed by atoms with E-state index in [2.05, 4.69) is 10.6 Å². The van der Waals surface area contributed by atoms with Gasteiger partial charge in [-0.2, -0.15) is 0 Å². The minimum Gasteiger partial charge on any atom is -0.336 e. The van der Waals surface area contributed by atoms with Crippen molar-refractivity contribution in [1.29, 1.82) is 0 Å². The highest BCUT2D eigenvalue weighted by molar-refractivity contribution is 6.39. The largest absolute Gasteiger partial charge is 0.336 e. The number of carbonyl (C=O) groups excluding carboxylic acids is 2. The maximum absolute atomic E-state index is 12.3. The van der Waals surface area contributed by atoms with E-state index in [1.54, 1.807) is 25.2 Å². The van der Waals surface area contributed by atoms with Crippen molar-refractivity contribution in [1.82, 2.24) is 4.90 Å². The molecule has 2 amide bonds. The molecule has 0 atom stereocenters. The molecular weight excluding hydrogens is 373 g/mol. The molecule has 0 aliphatic heterocycles. The Hall–Kier alpha value is -1.30. The Bertz CT molecular complexity index is 597. The van der Waals surface area contributed by atoms with Crippen LogP contribution in [-0.2, 0) is 9.59 Å². The third-order valence-electron chi connectivity index (χ3n) is 4.81. The molecule has 0 heterocycles. The second-order valence-electron chi connectivity index (χ2n) is 6.94. The molecule has 7 heteroatoms. The topological polar surface area (TPSA) is 66.0 Å². The lowest BCUT2D eigenvalue weighted by Gasteiger charge is -2.20. The number of rotatable bonds is 6. The number of hydrogen-bond acceptors (Lipinski definition) is 2. The lowest BCUT2D eigenvalue weighted by molar-refractivity contribution is -0.681.